The van der Waals surface area contributed by atoms with Gasteiger partial charge in [0.05, 0.1) is 18.8 Å². The van der Waals surface area contributed by atoms with Crippen molar-refractivity contribution in [3.05, 3.63) is 53.8 Å². The summed E-state index contributed by atoms with van der Waals surface area (Å²) in [7, 11) is 1.62. The number of fused-ring (bicyclic) bond motifs is 1. The van der Waals surface area contributed by atoms with Gasteiger partial charge in [0.1, 0.15) is 22.9 Å². The minimum Gasteiger partial charge on any atom is -0.497 e. The van der Waals surface area contributed by atoms with Gasteiger partial charge in [-0.05, 0) is 50.3 Å². The molecule has 0 saturated heterocycles. The smallest absolute Gasteiger partial charge is 0.171 e. The molecule has 3 rings (SSSR count). The molecule has 1 heterocycles. The van der Waals surface area contributed by atoms with Crippen LogP contribution in [0.3, 0.4) is 0 Å². The Morgan fingerprint density at radius 1 is 1.28 bits per heavy atom. The summed E-state index contributed by atoms with van der Waals surface area (Å²) in [5.41, 5.74) is 0.990. The van der Waals surface area contributed by atoms with Crippen molar-refractivity contribution in [1.82, 2.24) is 5.32 Å². The summed E-state index contributed by atoms with van der Waals surface area (Å²) < 4.78 is 25.1. The molecule has 0 aromatic heterocycles. The van der Waals surface area contributed by atoms with Crippen molar-refractivity contribution in [2.75, 3.05) is 12.4 Å². The van der Waals surface area contributed by atoms with Crippen molar-refractivity contribution in [1.29, 1.82) is 0 Å². The van der Waals surface area contributed by atoms with E-state index in [1.165, 1.54) is 6.07 Å². The molecule has 0 aliphatic carbocycles. The molecule has 1 aliphatic rings. The van der Waals surface area contributed by atoms with Gasteiger partial charge >= 0.3 is 0 Å². The summed E-state index contributed by atoms with van der Waals surface area (Å²) in [6.07, 6.45) is 0.728. The number of methoxy groups -OCH3 is 1. The highest BCUT2D eigenvalue weighted by atomic mass is 32.1. The summed E-state index contributed by atoms with van der Waals surface area (Å²) in [6.45, 7) is 4.05. The lowest BCUT2D eigenvalue weighted by Crippen LogP contribution is -2.42. The van der Waals surface area contributed by atoms with Crippen LogP contribution in [0.2, 0.25) is 0 Å². The molecule has 0 radical (unpaired) electrons. The first-order valence-electron chi connectivity index (χ1n) is 8.07. The molecular formula is C19H21FN2O2S. The number of anilines is 1. The number of halogens is 1. The SMILES string of the molecule is COc1ccc2c(c1)OC(C)(C)C[C@H]2NC(=S)Nc1ccccc1F. The van der Waals surface area contributed by atoms with Crippen LogP contribution in [-0.2, 0) is 0 Å². The van der Waals surface area contributed by atoms with Crippen molar-refractivity contribution < 1.29 is 13.9 Å². The van der Waals surface area contributed by atoms with Crippen molar-refractivity contribution in [2.24, 2.45) is 0 Å². The topological polar surface area (TPSA) is 42.5 Å². The highest BCUT2D eigenvalue weighted by Gasteiger charge is 2.34. The molecule has 1 aliphatic heterocycles. The Morgan fingerprint density at radius 2 is 2.04 bits per heavy atom. The average molecular weight is 360 g/mol. The zero-order valence-electron chi connectivity index (χ0n) is 14.4. The van der Waals surface area contributed by atoms with E-state index >= 15 is 0 Å². The first-order valence-corrected chi connectivity index (χ1v) is 8.48. The molecule has 1 atom stereocenters. The van der Waals surface area contributed by atoms with Gasteiger partial charge in [-0.1, -0.05) is 12.1 Å². The maximum atomic E-state index is 13.8. The summed E-state index contributed by atoms with van der Waals surface area (Å²) in [5.74, 6) is 1.16. The van der Waals surface area contributed by atoms with E-state index in [4.69, 9.17) is 21.7 Å². The Morgan fingerprint density at radius 3 is 2.76 bits per heavy atom. The number of hydrogen-bond acceptors (Lipinski definition) is 3. The van der Waals surface area contributed by atoms with Gasteiger partial charge in [-0.3, -0.25) is 0 Å². The van der Waals surface area contributed by atoms with Gasteiger partial charge in [0.2, 0.25) is 0 Å². The zero-order chi connectivity index (χ0) is 18.0. The summed E-state index contributed by atoms with van der Waals surface area (Å²) in [5, 5.41) is 6.56. The molecule has 132 valence electrons. The van der Waals surface area contributed by atoms with Crippen molar-refractivity contribution in [3.63, 3.8) is 0 Å². The van der Waals surface area contributed by atoms with E-state index in [2.05, 4.69) is 10.6 Å². The van der Waals surface area contributed by atoms with E-state index in [-0.39, 0.29) is 17.5 Å². The average Bonchev–Trinajstić information content (AvgIpc) is 2.55. The fraction of sp³-hybridized carbons (Fsp3) is 0.316. The normalized spacial score (nSPS) is 17.8. The Balaban J connectivity index is 1.80. The first-order chi connectivity index (χ1) is 11.9. The highest BCUT2D eigenvalue weighted by Crippen LogP contribution is 2.41. The lowest BCUT2D eigenvalue weighted by atomic mass is 9.89. The number of benzene rings is 2. The highest BCUT2D eigenvalue weighted by molar-refractivity contribution is 7.80. The van der Waals surface area contributed by atoms with E-state index in [0.717, 1.165) is 23.5 Å². The Bertz CT molecular complexity index is 795. The maximum Gasteiger partial charge on any atom is 0.171 e. The van der Waals surface area contributed by atoms with E-state index in [1.54, 1.807) is 25.3 Å². The second-order valence-corrected chi connectivity index (χ2v) is 7.01. The van der Waals surface area contributed by atoms with E-state index < -0.39 is 0 Å². The van der Waals surface area contributed by atoms with E-state index in [0.29, 0.717) is 10.8 Å². The third-order valence-electron chi connectivity index (χ3n) is 4.11. The monoisotopic (exact) mass is 360 g/mol. The molecular weight excluding hydrogens is 339 g/mol. The number of thiocarbonyl (C=S) groups is 1. The quantitative estimate of drug-likeness (QED) is 0.793. The number of rotatable bonds is 3. The van der Waals surface area contributed by atoms with Crippen LogP contribution in [-0.4, -0.2) is 17.8 Å². The minimum atomic E-state index is -0.357. The molecule has 0 fully saturated rings. The molecule has 2 aromatic rings. The van der Waals surface area contributed by atoms with Gasteiger partial charge in [0.15, 0.2) is 5.11 Å². The van der Waals surface area contributed by atoms with Crippen LogP contribution in [0.1, 0.15) is 31.9 Å². The Hall–Kier alpha value is -2.34. The van der Waals surface area contributed by atoms with Crippen molar-refractivity contribution in [2.45, 2.75) is 31.9 Å². The molecule has 2 N–H and O–H groups in total. The molecule has 0 bridgehead atoms. The van der Waals surface area contributed by atoms with Gasteiger partial charge in [-0.25, -0.2) is 4.39 Å². The second kappa shape index (κ2) is 6.88. The second-order valence-electron chi connectivity index (χ2n) is 6.60. The maximum absolute atomic E-state index is 13.8. The predicted octanol–water partition coefficient (Wildman–Crippen LogP) is 4.42. The van der Waals surface area contributed by atoms with Crippen LogP contribution >= 0.6 is 12.2 Å². The first kappa shape index (κ1) is 17.5. The molecule has 0 amide bonds. The largest absolute Gasteiger partial charge is 0.497 e. The van der Waals surface area contributed by atoms with Gasteiger partial charge < -0.3 is 20.1 Å². The minimum absolute atomic E-state index is 0.0450. The lowest BCUT2D eigenvalue weighted by Gasteiger charge is -2.38. The Kier molecular flexibility index (Phi) is 4.81. The van der Waals surface area contributed by atoms with E-state index in [1.807, 2.05) is 32.0 Å². The van der Waals surface area contributed by atoms with Crippen LogP contribution in [0.5, 0.6) is 11.5 Å². The number of ether oxygens (including phenoxy) is 2. The molecule has 25 heavy (non-hydrogen) atoms. The van der Waals surface area contributed by atoms with Gasteiger partial charge in [-0.15, -0.1) is 0 Å². The zero-order valence-corrected chi connectivity index (χ0v) is 15.2. The van der Waals surface area contributed by atoms with Crippen molar-refractivity contribution >= 4 is 23.0 Å². The lowest BCUT2D eigenvalue weighted by molar-refractivity contribution is 0.0693. The van der Waals surface area contributed by atoms with Gasteiger partial charge in [-0.2, -0.15) is 0 Å². The fourth-order valence-electron chi connectivity index (χ4n) is 2.97. The molecule has 4 nitrogen and oxygen atoms in total. The Labute approximate surface area is 152 Å². The molecule has 0 saturated carbocycles. The van der Waals surface area contributed by atoms with E-state index in [9.17, 15) is 4.39 Å². The molecule has 0 unspecified atom stereocenters. The van der Waals surface area contributed by atoms with Crippen LogP contribution in [0.4, 0.5) is 10.1 Å². The number of para-hydroxylation sites is 1. The third-order valence-corrected chi connectivity index (χ3v) is 4.33. The van der Waals surface area contributed by atoms with Crippen LogP contribution in [0.15, 0.2) is 42.5 Å². The van der Waals surface area contributed by atoms with Crippen molar-refractivity contribution in [3.8, 4) is 11.5 Å². The molecule has 0 spiro atoms. The number of nitrogens with one attached hydrogen (secondary N) is 2. The summed E-state index contributed by atoms with van der Waals surface area (Å²) in [6, 6.07) is 12.1. The third kappa shape index (κ3) is 4.02. The fourth-order valence-corrected chi connectivity index (χ4v) is 3.22. The van der Waals surface area contributed by atoms with Crippen LogP contribution in [0.25, 0.3) is 0 Å². The van der Waals surface area contributed by atoms with Crippen LogP contribution in [0, 0.1) is 5.82 Å². The van der Waals surface area contributed by atoms with Crippen LogP contribution < -0.4 is 20.1 Å². The summed E-state index contributed by atoms with van der Waals surface area (Å²) in [4.78, 5) is 0. The molecule has 6 heteroatoms. The van der Waals surface area contributed by atoms with Gasteiger partial charge in [0, 0.05) is 18.1 Å². The van der Waals surface area contributed by atoms with Gasteiger partial charge in [0.25, 0.3) is 0 Å². The molecule has 2 aromatic carbocycles. The number of hydrogen-bond donors (Lipinski definition) is 2. The standard InChI is InChI=1S/C19H21FN2O2S/c1-19(2)11-16(13-9-8-12(23-3)10-17(13)24-19)22-18(25)21-15-7-5-4-6-14(15)20/h4-10,16H,11H2,1-3H3,(H2,21,22,25)/t16-/m1/s1. The summed E-state index contributed by atoms with van der Waals surface area (Å²) >= 11 is 5.37. The predicted molar refractivity (Wildman–Crippen MR) is 101 cm³/mol.